The topological polar surface area (TPSA) is 41.6 Å². The summed E-state index contributed by atoms with van der Waals surface area (Å²) >= 11 is 3.48. The minimum Gasteiger partial charge on any atom is -0.482 e. The highest BCUT2D eigenvalue weighted by Gasteiger charge is 2.15. The van der Waals surface area contributed by atoms with Crippen LogP contribution in [0, 0.1) is 0 Å². The van der Waals surface area contributed by atoms with E-state index in [9.17, 15) is 4.79 Å². The monoisotopic (exact) mass is 342 g/mol. The largest absolute Gasteiger partial charge is 0.482 e. The summed E-state index contributed by atoms with van der Waals surface area (Å²) in [5.41, 5.74) is 1.04. The molecule has 0 aliphatic rings. The lowest BCUT2D eigenvalue weighted by molar-refractivity contribution is -0.133. The van der Waals surface area contributed by atoms with Gasteiger partial charge in [0.1, 0.15) is 5.75 Å². The normalized spacial score (nSPS) is 10.7. The number of benzene rings is 1. The van der Waals surface area contributed by atoms with Gasteiger partial charge >= 0.3 is 0 Å². The average Bonchev–Trinajstić information content (AvgIpc) is 2.42. The van der Waals surface area contributed by atoms with Gasteiger partial charge in [-0.2, -0.15) is 0 Å². The van der Waals surface area contributed by atoms with Crippen molar-refractivity contribution in [2.45, 2.75) is 33.4 Å². The molecule has 0 atom stereocenters. The SMILES string of the molecule is CCNCc1cccc(Br)c1OCC(=O)N(C)C(C)C. The van der Waals surface area contributed by atoms with Crippen molar-refractivity contribution >= 4 is 21.8 Å². The zero-order valence-corrected chi connectivity index (χ0v) is 14.2. The maximum atomic E-state index is 12.0. The van der Waals surface area contributed by atoms with Gasteiger partial charge in [-0.3, -0.25) is 4.79 Å². The quantitative estimate of drug-likeness (QED) is 0.828. The fourth-order valence-corrected chi connectivity index (χ4v) is 2.16. The molecule has 0 aliphatic carbocycles. The van der Waals surface area contributed by atoms with E-state index in [-0.39, 0.29) is 18.6 Å². The molecule has 0 heterocycles. The van der Waals surface area contributed by atoms with Crippen LogP contribution in [0.15, 0.2) is 22.7 Å². The van der Waals surface area contributed by atoms with Crippen LogP contribution in [0.2, 0.25) is 0 Å². The Morgan fingerprint density at radius 3 is 2.75 bits per heavy atom. The molecule has 1 aromatic carbocycles. The number of nitrogens with one attached hydrogen (secondary N) is 1. The Bertz CT molecular complexity index is 449. The molecular formula is C15H23BrN2O2. The molecule has 4 nitrogen and oxygen atoms in total. The third-order valence-electron chi connectivity index (χ3n) is 3.12. The number of rotatable bonds is 7. The highest BCUT2D eigenvalue weighted by atomic mass is 79.9. The average molecular weight is 343 g/mol. The van der Waals surface area contributed by atoms with Crippen molar-refractivity contribution in [3.8, 4) is 5.75 Å². The van der Waals surface area contributed by atoms with Crippen molar-refractivity contribution < 1.29 is 9.53 Å². The van der Waals surface area contributed by atoms with Gasteiger partial charge in [0.25, 0.3) is 5.91 Å². The predicted octanol–water partition coefficient (Wildman–Crippen LogP) is 2.80. The van der Waals surface area contributed by atoms with Gasteiger partial charge in [-0.05, 0) is 42.4 Å². The molecule has 0 unspecified atom stereocenters. The number of carbonyl (C=O) groups is 1. The van der Waals surface area contributed by atoms with E-state index in [1.54, 1.807) is 11.9 Å². The second-order valence-corrected chi connectivity index (χ2v) is 5.75. The van der Waals surface area contributed by atoms with Crippen LogP contribution < -0.4 is 10.1 Å². The first kappa shape index (κ1) is 17.0. The summed E-state index contributed by atoms with van der Waals surface area (Å²) in [4.78, 5) is 13.6. The lowest BCUT2D eigenvalue weighted by atomic mass is 10.2. The molecule has 1 rings (SSSR count). The van der Waals surface area contributed by atoms with Crippen molar-refractivity contribution in [3.05, 3.63) is 28.2 Å². The third-order valence-corrected chi connectivity index (χ3v) is 3.75. The van der Waals surface area contributed by atoms with Crippen molar-refractivity contribution in [1.82, 2.24) is 10.2 Å². The maximum Gasteiger partial charge on any atom is 0.260 e. The zero-order valence-electron chi connectivity index (χ0n) is 12.6. The van der Waals surface area contributed by atoms with Crippen LogP contribution in [0.4, 0.5) is 0 Å². The fraction of sp³-hybridized carbons (Fsp3) is 0.533. The van der Waals surface area contributed by atoms with Gasteiger partial charge in [-0.1, -0.05) is 19.1 Å². The second-order valence-electron chi connectivity index (χ2n) is 4.90. The van der Waals surface area contributed by atoms with E-state index in [1.807, 2.05) is 32.0 Å². The molecule has 112 valence electrons. The molecule has 0 bridgehead atoms. The van der Waals surface area contributed by atoms with E-state index in [1.165, 1.54) is 0 Å². The number of ether oxygens (including phenoxy) is 1. The highest BCUT2D eigenvalue weighted by molar-refractivity contribution is 9.10. The van der Waals surface area contributed by atoms with E-state index in [0.717, 1.165) is 28.9 Å². The molecule has 1 aromatic rings. The van der Waals surface area contributed by atoms with Crippen LogP contribution >= 0.6 is 15.9 Å². The maximum absolute atomic E-state index is 12.0. The number of carbonyl (C=O) groups excluding carboxylic acids is 1. The number of para-hydroxylation sites is 1. The standard InChI is InChI=1S/C15H23BrN2O2/c1-5-17-9-12-7-6-8-13(16)15(12)20-10-14(19)18(4)11(2)3/h6-8,11,17H,5,9-10H2,1-4H3. The lowest BCUT2D eigenvalue weighted by Gasteiger charge is -2.22. The molecule has 0 saturated heterocycles. The Hall–Kier alpha value is -1.07. The van der Waals surface area contributed by atoms with Gasteiger partial charge in [0.05, 0.1) is 4.47 Å². The first-order valence-electron chi connectivity index (χ1n) is 6.83. The first-order chi connectivity index (χ1) is 9.47. The molecule has 0 fully saturated rings. The molecule has 5 heteroatoms. The summed E-state index contributed by atoms with van der Waals surface area (Å²) in [6.45, 7) is 7.68. The van der Waals surface area contributed by atoms with Gasteiger partial charge in [0, 0.05) is 25.2 Å². The lowest BCUT2D eigenvalue weighted by Crippen LogP contribution is -2.36. The smallest absolute Gasteiger partial charge is 0.260 e. The summed E-state index contributed by atoms with van der Waals surface area (Å²) in [5, 5.41) is 3.26. The van der Waals surface area contributed by atoms with Gasteiger partial charge in [-0.25, -0.2) is 0 Å². The van der Waals surface area contributed by atoms with Gasteiger partial charge in [0.2, 0.25) is 0 Å². The van der Waals surface area contributed by atoms with E-state index >= 15 is 0 Å². The number of hydrogen-bond acceptors (Lipinski definition) is 3. The Kier molecular flexibility index (Phi) is 7.02. The van der Waals surface area contributed by atoms with Crippen LogP contribution in [0.1, 0.15) is 26.3 Å². The predicted molar refractivity (Wildman–Crippen MR) is 84.9 cm³/mol. The van der Waals surface area contributed by atoms with Crippen molar-refractivity contribution in [1.29, 1.82) is 0 Å². The Balaban J connectivity index is 2.73. The Morgan fingerprint density at radius 1 is 1.45 bits per heavy atom. The number of nitrogens with zero attached hydrogens (tertiary/aromatic N) is 1. The van der Waals surface area contributed by atoms with Crippen LogP contribution in [0.25, 0.3) is 0 Å². The minimum absolute atomic E-state index is 0.0230. The van der Waals surface area contributed by atoms with Crippen molar-refractivity contribution in [2.24, 2.45) is 0 Å². The summed E-state index contributed by atoms with van der Waals surface area (Å²) < 4.78 is 6.59. The van der Waals surface area contributed by atoms with Gasteiger partial charge in [-0.15, -0.1) is 0 Å². The molecule has 20 heavy (non-hydrogen) atoms. The summed E-state index contributed by atoms with van der Waals surface area (Å²) in [6.07, 6.45) is 0. The van der Waals surface area contributed by atoms with Crippen LogP contribution in [0.5, 0.6) is 5.75 Å². The van der Waals surface area contributed by atoms with Gasteiger partial charge in [0.15, 0.2) is 6.61 Å². The molecule has 1 N–H and O–H groups in total. The van der Waals surface area contributed by atoms with E-state index in [2.05, 4.69) is 28.2 Å². The van der Waals surface area contributed by atoms with E-state index in [0.29, 0.717) is 0 Å². The molecule has 0 radical (unpaired) electrons. The minimum atomic E-state index is -0.0230. The Labute approximate surface area is 129 Å². The van der Waals surface area contributed by atoms with Gasteiger partial charge < -0.3 is 15.0 Å². The third kappa shape index (κ3) is 4.80. The first-order valence-corrected chi connectivity index (χ1v) is 7.63. The number of likely N-dealkylation sites (N-methyl/N-ethyl adjacent to an activating group) is 1. The molecule has 0 spiro atoms. The fourth-order valence-electron chi connectivity index (χ4n) is 1.64. The van der Waals surface area contributed by atoms with Crippen LogP contribution in [-0.2, 0) is 11.3 Å². The number of hydrogen-bond donors (Lipinski definition) is 1. The molecule has 0 aliphatic heterocycles. The summed E-state index contributed by atoms with van der Waals surface area (Å²) in [5.74, 6) is 0.712. The highest BCUT2D eigenvalue weighted by Crippen LogP contribution is 2.29. The van der Waals surface area contributed by atoms with Crippen LogP contribution in [0.3, 0.4) is 0 Å². The summed E-state index contributed by atoms with van der Waals surface area (Å²) in [7, 11) is 1.79. The molecule has 0 saturated carbocycles. The zero-order chi connectivity index (χ0) is 15.1. The molecular weight excluding hydrogens is 320 g/mol. The van der Waals surface area contributed by atoms with Crippen molar-refractivity contribution in [2.75, 3.05) is 20.2 Å². The number of amides is 1. The molecule has 0 aromatic heterocycles. The Morgan fingerprint density at radius 2 is 2.15 bits per heavy atom. The molecule has 1 amide bonds. The summed E-state index contributed by atoms with van der Waals surface area (Å²) in [6, 6.07) is 6.05. The second kappa shape index (κ2) is 8.27. The van der Waals surface area contributed by atoms with E-state index in [4.69, 9.17) is 4.74 Å². The van der Waals surface area contributed by atoms with Crippen molar-refractivity contribution in [3.63, 3.8) is 0 Å². The van der Waals surface area contributed by atoms with E-state index < -0.39 is 0 Å². The number of halogens is 1. The van der Waals surface area contributed by atoms with Crippen LogP contribution in [-0.4, -0.2) is 37.0 Å².